The SMILES string of the molecule is Cc1nc(-c2ccc(Br)cc2)c(CN)[nH]1. The van der Waals surface area contributed by atoms with Crippen LogP contribution in [0, 0.1) is 6.92 Å². The number of aromatic nitrogens is 2. The van der Waals surface area contributed by atoms with E-state index in [1.807, 2.05) is 31.2 Å². The third-order valence-electron chi connectivity index (χ3n) is 2.22. The summed E-state index contributed by atoms with van der Waals surface area (Å²) in [6, 6.07) is 8.05. The summed E-state index contributed by atoms with van der Waals surface area (Å²) in [5.41, 5.74) is 8.66. The summed E-state index contributed by atoms with van der Waals surface area (Å²) in [6.07, 6.45) is 0. The normalized spacial score (nSPS) is 10.6. The minimum atomic E-state index is 0.478. The molecule has 0 aliphatic rings. The topological polar surface area (TPSA) is 54.7 Å². The van der Waals surface area contributed by atoms with E-state index < -0.39 is 0 Å². The Hall–Kier alpha value is -1.13. The number of nitrogens with zero attached hydrogens (tertiary/aromatic N) is 1. The standard InChI is InChI=1S/C11H12BrN3/c1-7-14-10(6-13)11(15-7)8-2-4-9(12)5-3-8/h2-5H,6,13H2,1H3,(H,14,15). The van der Waals surface area contributed by atoms with Crippen LogP contribution in [0.3, 0.4) is 0 Å². The molecule has 0 amide bonds. The van der Waals surface area contributed by atoms with Crippen molar-refractivity contribution < 1.29 is 0 Å². The predicted octanol–water partition coefficient (Wildman–Crippen LogP) is 2.61. The van der Waals surface area contributed by atoms with E-state index in [0.717, 1.165) is 27.2 Å². The Morgan fingerprint density at radius 3 is 2.60 bits per heavy atom. The first-order chi connectivity index (χ1) is 7.20. The second-order valence-corrected chi connectivity index (χ2v) is 4.28. The second-order valence-electron chi connectivity index (χ2n) is 3.36. The van der Waals surface area contributed by atoms with Crippen molar-refractivity contribution in [3.8, 4) is 11.3 Å². The molecule has 1 heterocycles. The van der Waals surface area contributed by atoms with Crippen molar-refractivity contribution in [2.24, 2.45) is 5.73 Å². The lowest BCUT2D eigenvalue weighted by Crippen LogP contribution is -1.98. The Morgan fingerprint density at radius 2 is 2.00 bits per heavy atom. The van der Waals surface area contributed by atoms with Crippen LogP contribution in [0.15, 0.2) is 28.7 Å². The van der Waals surface area contributed by atoms with Gasteiger partial charge in [0.2, 0.25) is 0 Å². The Labute approximate surface area is 96.9 Å². The van der Waals surface area contributed by atoms with Gasteiger partial charge in [0.05, 0.1) is 11.4 Å². The van der Waals surface area contributed by atoms with Crippen LogP contribution >= 0.6 is 15.9 Å². The Bertz CT molecular complexity index is 459. The highest BCUT2D eigenvalue weighted by atomic mass is 79.9. The average molecular weight is 266 g/mol. The van der Waals surface area contributed by atoms with Crippen LogP contribution in [0.1, 0.15) is 11.5 Å². The Morgan fingerprint density at radius 1 is 1.33 bits per heavy atom. The smallest absolute Gasteiger partial charge is 0.103 e. The van der Waals surface area contributed by atoms with Crippen molar-refractivity contribution in [3.05, 3.63) is 40.3 Å². The number of hydrogen-bond donors (Lipinski definition) is 2. The fourth-order valence-corrected chi connectivity index (χ4v) is 1.80. The molecule has 78 valence electrons. The van der Waals surface area contributed by atoms with Crippen molar-refractivity contribution in [2.45, 2.75) is 13.5 Å². The highest BCUT2D eigenvalue weighted by Crippen LogP contribution is 2.23. The predicted molar refractivity (Wildman–Crippen MR) is 64.4 cm³/mol. The van der Waals surface area contributed by atoms with Crippen molar-refractivity contribution in [3.63, 3.8) is 0 Å². The van der Waals surface area contributed by atoms with Gasteiger partial charge in [-0.1, -0.05) is 28.1 Å². The number of halogens is 1. The van der Waals surface area contributed by atoms with Crippen LogP contribution in [-0.4, -0.2) is 9.97 Å². The summed E-state index contributed by atoms with van der Waals surface area (Å²) in [7, 11) is 0. The molecule has 0 aliphatic heterocycles. The average Bonchev–Trinajstić information content (AvgIpc) is 2.61. The van der Waals surface area contributed by atoms with Gasteiger partial charge in [-0.15, -0.1) is 0 Å². The van der Waals surface area contributed by atoms with Crippen molar-refractivity contribution in [2.75, 3.05) is 0 Å². The number of rotatable bonds is 2. The monoisotopic (exact) mass is 265 g/mol. The molecule has 0 saturated heterocycles. The van der Waals surface area contributed by atoms with Crippen molar-refractivity contribution in [1.82, 2.24) is 9.97 Å². The van der Waals surface area contributed by atoms with E-state index in [2.05, 4.69) is 25.9 Å². The largest absolute Gasteiger partial charge is 0.345 e. The zero-order chi connectivity index (χ0) is 10.8. The maximum atomic E-state index is 5.65. The molecule has 0 aliphatic carbocycles. The lowest BCUT2D eigenvalue weighted by atomic mass is 10.1. The summed E-state index contributed by atoms with van der Waals surface area (Å²) in [4.78, 5) is 7.59. The van der Waals surface area contributed by atoms with Gasteiger partial charge in [0.1, 0.15) is 5.82 Å². The highest BCUT2D eigenvalue weighted by molar-refractivity contribution is 9.10. The molecule has 2 rings (SSSR count). The molecule has 1 aromatic carbocycles. The number of imidazole rings is 1. The first-order valence-corrected chi connectivity index (χ1v) is 5.51. The maximum Gasteiger partial charge on any atom is 0.103 e. The van der Waals surface area contributed by atoms with Gasteiger partial charge in [0.25, 0.3) is 0 Å². The van der Waals surface area contributed by atoms with Gasteiger partial charge >= 0.3 is 0 Å². The van der Waals surface area contributed by atoms with Gasteiger partial charge in [0, 0.05) is 16.6 Å². The van der Waals surface area contributed by atoms with E-state index in [0.29, 0.717) is 6.54 Å². The number of benzene rings is 1. The second kappa shape index (κ2) is 4.16. The molecule has 1 aromatic heterocycles. The Kier molecular flexibility index (Phi) is 2.88. The van der Waals surface area contributed by atoms with Crippen LogP contribution < -0.4 is 5.73 Å². The van der Waals surface area contributed by atoms with Gasteiger partial charge in [-0.2, -0.15) is 0 Å². The van der Waals surface area contributed by atoms with Crippen LogP contribution in [-0.2, 0) is 6.54 Å². The Balaban J connectivity index is 2.48. The number of aromatic amines is 1. The fourth-order valence-electron chi connectivity index (χ4n) is 1.53. The van der Waals surface area contributed by atoms with Crippen molar-refractivity contribution >= 4 is 15.9 Å². The van der Waals surface area contributed by atoms with Crippen LogP contribution in [0.25, 0.3) is 11.3 Å². The van der Waals surface area contributed by atoms with E-state index >= 15 is 0 Å². The molecular formula is C11H12BrN3. The van der Waals surface area contributed by atoms with Gasteiger partial charge in [-0.25, -0.2) is 4.98 Å². The molecule has 0 unspecified atom stereocenters. The van der Waals surface area contributed by atoms with Gasteiger partial charge in [-0.05, 0) is 19.1 Å². The number of hydrogen-bond acceptors (Lipinski definition) is 2. The molecule has 0 bridgehead atoms. The van der Waals surface area contributed by atoms with Crippen LogP contribution in [0.4, 0.5) is 0 Å². The quantitative estimate of drug-likeness (QED) is 0.877. The van der Waals surface area contributed by atoms with Crippen LogP contribution in [0.2, 0.25) is 0 Å². The van der Waals surface area contributed by atoms with E-state index in [4.69, 9.17) is 5.73 Å². The lowest BCUT2D eigenvalue weighted by Gasteiger charge is -2.00. The zero-order valence-corrected chi connectivity index (χ0v) is 10.0. The maximum absolute atomic E-state index is 5.65. The first-order valence-electron chi connectivity index (χ1n) is 4.72. The van der Waals surface area contributed by atoms with E-state index in [9.17, 15) is 0 Å². The molecule has 2 aromatic rings. The summed E-state index contributed by atoms with van der Waals surface area (Å²) in [5.74, 6) is 0.897. The van der Waals surface area contributed by atoms with Crippen LogP contribution in [0.5, 0.6) is 0 Å². The summed E-state index contributed by atoms with van der Waals surface area (Å²) in [5, 5.41) is 0. The van der Waals surface area contributed by atoms with E-state index in [-0.39, 0.29) is 0 Å². The number of H-pyrrole nitrogens is 1. The lowest BCUT2D eigenvalue weighted by molar-refractivity contribution is 0.998. The molecule has 0 spiro atoms. The van der Waals surface area contributed by atoms with E-state index in [1.165, 1.54) is 0 Å². The molecule has 0 radical (unpaired) electrons. The number of nitrogens with one attached hydrogen (secondary N) is 1. The molecule has 15 heavy (non-hydrogen) atoms. The molecule has 0 saturated carbocycles. The number of aryl methyl sites for hydroxylation is 1. The van der Waals surface area contributed by atoms with Gasteiger partial charge in [0.15, 0.2) is 0 Å². The minimum absolute atomic E-state index is 0.478. The third kappa shape index (κ3) is 2.11. The molecule has 4 heteroatoms. The summed E-state index contributed by atoms with van der Waals surface area (Å²) < 4.78 is 1.06. The molecule has 3 N–H and O–H groups in total. The minimum Gasteiger partial charge on any atom is -0.345 e. The summed E-state index contributed by atoms with van der Waals surface area (Å²) in [6.45, 7) is 2.41. The van der Waals surface area contributed by atoms with Gasteiger partial charge in [-0.3, -0.25) is 0 Å². The molecule has 0 atom stereocenters. The first kappa shape index (κ1) is 10.4. The fraction of sp³-hybridized carbons (Fsp3) is 0.182. The van der Waals surface area contributed by atoms with E-state index in [1.54, 1.807) is 0 Å². The van der Waals surface area contributed by atoms with Gasteiger partial charge < -0.3 is 10.7 Å². The zero-order valence-electron chi connectivity index (χ0n) is 8.42. The third-order valence-corrected chi connectivity index (χ3v) is 2.75. The number of nitrogens with two attached hydrogens (primary N) is 1. The molecule has 0 fully saturated rings. The molecule has 3 nitrogen and oxygen atoms in total. The highest BCUT2D eigenvalue weighted by Gasteiger charge is 2.08. The van der Waals surface area contributed by atoms with Crippen molar-refractivity contribution in [1.29, 1.82) is 0 Å². The summed E-state index contributed by atoms with van der Waals surface area (Å²) >= 11 is 3.41. The molecular weight excluding hydrogens is 254 g/mol.